The molecular formula is C13H17F2N. The summed E-state index contributed by atoms with van der Waals surface area (Å²) in [5, 5.41) is 3.00. The molecule has 2 rings (SSSR count). The van der Waals surface area contributed by atoms with Gasteiger partial charge in [0.1, 0.15) is 5.82 Å². The fourth-order valence-electron chi connectivity index (χ4n) is 2.57. The van der Waals surface area contributed by atoms with Crippen molar-refractivity contribution in [3.05, 3.63) is 34.6 Å². The molecule has 0 amide bonds. The highest BCUT2D eigenvalue weighted by atomic mass is 19.1. The van der Waals surface area contributed by atoms with Gasteiger partial charge in [-0.3, -0.25) is 0 Å². The Morgan fingerprint density at radius 3 is 2.62 bits per heavy atom. The molecule has 0 aliphatic carbocycles. The van der Waals surface area contributed by atoms with Crippen molar-refractivity contribution in [3.8, 4) is 0 Å². The summed E-state index contributed by atoms with van der Waals surface area (Å²) < 4.78 is 28.5. The molecule has 0 bridgehead atoms. The first kappa shape index (κ1) is 11.5. The molecule has 1 aliphatic rings. The molecule has 1 aliphatic heterocycles. The highest BCUT2D eigenvalue weighted by Gasteiger charge is 2.37. The molecule has 1 aromatic rings. The zero-order chi connectivity index (χ0) is 11.8. The zero-order valence-corrected chi connectivity index (χ0v) is 9.74. The van der Waals surface area contributed by atoms with Crippen LogP contribution in [-0.4, -0.2) is 13.1 Å². The number of halogens is 2. The second-order valence-electron chi connectivity index (χ2n) is 4.68. The molecule has 1 heterocycles. The van der Waals surface area contributed by atoms with Gasteiger partial charge in [-0.2, -0.15) is 0 Å². The Morgan fingerprint density at radius 2 is 2.06 bits per heavy atom. The third-order valence-corrected chi connectivity index (χ3v) is 3.21. The van der Waals surface area contributed by atoms with E-state index in [4.69, 9.17) is 0 Å². The standard InChI is InChI=1S/C13H17F2N/c1-9-6-10(2)12(11(14)7-9)13(15)4-3-5-16-8-13/h6-7,16H,3-5,8H2,1-2H3. The van der Waals surface area contributed by atoms with Gasteiger partial charge in [0.15, 0.2) is 5.67 Å². The van der Waals surface area contributed by atoms with Crippen LogP contribution in [0.2, 0.25) is 0 Å². The maximum atomic E-state index is 14.7. The van der Waals surface area contributed by atoms with Gasteiger partial charge in [0.05, 0.1) is 0 Å². The van der Waals surface area contributed by atoms with Crippen molar-refractivity contribution in [2.24, 2.45) is 0 Å². The van der Waals surface area contributed by atoms with Crippen LogP contribution in [0.15, 0.2) is 12.1 Å². The van der Waals surface area contributed by atoms with Gasteiger partial charge < -0.3 is 5.32 Å². The second-order valence-corrected chi connectivity index (χ2v) is 4.68. The molecule has 1 nitrogen and oxygen atoms in total. The first-order valence-electron chi connectivity index (χ1n) is 5.70. The van der Waals surface area contributed by atoms with Crippen molar-refractivity contribution in [1.82, 2.24) is 5.32 Å². The van der Waals surface area contributed by atoms with E-state index in [1.54, 1.807) is 6.92 Å². The minimum absolute atomic E-state index is 0.216. The van der Waals surface area contributed by atoms with E-state index in [1.165, 1.54) is 6.07 Å². The van der Waals surface area contributed by atoms with E-state index < -0.39 is 11.5 Å². The monoisotopic (exact) mass is 225 g/mol. The van der Waals surface area contributed by atoms with Gasteiger partial charge in [-0.25, -0.2) is 8.78 Å². The van der Waals surface area contributed by atoms with Crippen LogP contribution in [0.25, 0.3) is 0 Å². The summed E-state index contributed by atoms with van der Waals surface area (Å²) in [6, 6.07) is 3.26. The molecule has 1 saturated heterocycles. The molecule has 1 N–H and O–H groups in total. The summed E-state index contributed by atoms with van der Waals surface area (Å²) in [6.07, 6.45) is 1.16. The Morgan fingerprint density at radius 1 is 1.31 bits per heavy atom. The van der Waals surface area contributed by atoms with Gasteiger partial charge in [-0.1, -0.05) is 6.07 Å². The van der Waals surface area contributed by atoms with Gasteiger partial charge in [0.25, 0.3) is 0 Å². The van der Waals surface area contributed by atoms with Crippen molar-refractivity contribution >= 4 is 0 Å². The number of alkyl halides is 1. The second kappa shape index (κ2) is 4.13. The summed E-state index contributed by atoms with van der Waals surface area (Å²) in [5.74, 6) is -0.413. The molecular weight excluding hydrogens is 208 g/mol. The maximum absolute atomic E-state index is 14.7. The summed E-state index contributed by atoms with van der Waals surface area (Å²) in [4.78, 5) is 0. The summed E-state index contributed by atoms with van der Waals surface area (Å²) in [6.45, 7) is 4.64. The lowest BCUT2D eigenvalue weighted by molar-refractivity contribution is 0.116. The third kappa shape index (κ3) is 1.96. The van der Waals surface area contributed by atoms with E-state index >= 15 is 0 Å². The van der Waals surface area contributed by atoms with Gasteiger partial charge in [-0.15, -0.1) is 0 Å². The van der Waals surface area contributed by atoms with Gasteiger partial charge >= 0.3 is 0 Å². The average molecular weight is 225 g/mol. The number of nitrogens with one attached hydrogen (secondary N) is 1. The van der Waals surface area contributed by atoms with Crippen molar-refractivity contribution < 1.29 is 8.78 Å². The van der Waals surface area contributed by atoms with E-state index in [0.29, 0.717) is 12.0 Å². The normalized spacial score (nSPS) is 25.8. The third-order valence-electron chi connectivity index (χ3n) is 3.21. The minimum atomic E-state index is -1.54. The highest BCUT2D eigenvalue weighted by Crippen LogP contribution is 2.36. The lowest BCUT2D eigenvalue weighted by Crippen LogP contribution is -2.41. The highest BCUT2D eigenvalue weighted by molar-refractivity contribution is 5.37. The lowest BCUT2D eigenvalue weighted by Gasteiger charge is -2.32. The molecule has 0 saturated carbocycles. The smallest absolute Gasteiger partial charge is 0.151 e. The van der Waals surface area contributed by atoms with Crippen LogP contribution in [0.1, 0.15) is 29.5 Å². The first-order chi connectivity index (χ1) is 7.53. The topological polar surface area (TPSA) is 12.0 Å². The van der Waals surface area contributed by atoms with Crippen LogP contribution < -0.4 is 5.32 Å². The van der Waals surface area contributed by atoms with E-state index in [-0.39, 0.29) is 12.1 Å². The first-order valence-corrected chi connectivity index (χ1v) is 5.70. The summed E-state index contributed by atoms with van der Waals surface area (Å²) in [7, 11) is 0. The molecule has 1 fully saturated rings. The quantitative estimate of drug-likeness (QED) is 0.774. The Balaban J connectivity index is 2.46. The van der Waals surface area contributed by atoms with Crippen LogP contribution in [0, 0.1) is 19.7 Å². The van der Waals surface area contributed by atoms with E-state index in [1.807, 2.05) is 13.0 Å². The summed E-state index contributed by atoms with van der Waals surface area (Å²) in [5.41, 5.74) is 0.250. The fourth-order valence-corrected chi connectivity index (χ4v) is 2.57. The number of hydrogen-bond donors (Lipinski definition) is 1. The number of rotatable bonds is 1. The number of benzene rings is 1. The number of aryl methyl sites for hydroxylation is 2. The largest absolute Gasteiger partial charge is 0.313 e. The van der Waals surface area contributed by atoms with Crippen molar-refractivity contribution in [2.75, 3.05) is 13.1 Å². The predicted octanol–water partition coefficient (Wildman–Crippen LogP) is 2.99. The molecule has 1 atom stereocenters. The molecule has 16 heavy (non-hydrogen) atoms. The molecule has 88 valence electrons. The van der Waals surface area contributed by atoms with Crippen LogP contribution in [0.3, 0.4) is 0 Å². The Labute approximate surface area is 94.9 Å². The SMILES string of the molecule is Cc1cc(C)c(C2(F)CCCNC2)c(F)c1. The number of piperidine rings is 1. The maximum Gasteiger partial charge on any atom is 0.151 e. The van der Waals surface area contributed by atoms with Crippen molar-refractivity contribution in [1.29, 1.82) is 0 Å². The van der Waals surface area contributed by atoms with E-state index in [9.17, 15) is 8.78 Å². The van der Waals surface area contributed by atoms with Crippen LogP contribution >= 0.6 is 0 Å². The lowest BCUT2D eigenvalue weighted by atomic mass is 9.85. The molecule has 0 radical (unpaired) electrons. The van der Waals surface area contributed by atoms with Crippen LogP contribution in [0.4, 0.5) is 8.78 Å². The van der Waals surface area contributed by atoms with Crippen LogP contribution in [-0.2, 0) is 5.67 Å². The Bertz CT molecular complexity index is 372. The van der Waals surface area contributed by atoms with Crippen LogP contribution in [0.5, 0.6) is 0 Å². The van der Waals surface area contributed by atoms with Gasteiger partial charge in [0, 0.05) is 12.1 Å². The fraction of sp³-hybridized carbons (Fsp3) is 0.538. The molecule has 3 heteroatoms. The van der Waals surface area contributed by atoms with Crippen molar-refractivity contribution in [2.45, 2.75) is 32.4 Å². The number of hydrogen-bond acceptors (Lipinski definition) is 1. The van der Waals surface area contributed by atoms with E-state index in [2.05, 4.69) is 5.32 Å². The van der Waals surface area contributed by atoms with Gasteiger partial charge in [-0.05, 0) is 50.4 Å². The zero-order valence-electron chi connectivity index (χ0n) is 9.74. The predicted molar refractivity (Wildman–Crippen MR) is 60.8 cm³/mol. The van der Waals surface area contributed by atoms with Crippen molar-refractivity contribution in [3.63, 3.8) is 0 Å². The minimum Gasteiger partial charge on any atom is -0.313 e. The molecule has 0 aromatic heterocycles. The summed E-state index contributed by atoms with van der Waals surface area (Å²) >= 11 is 0. The molecule has 0 spiro atoms. The Kier molecular flexibility index (Phi) is 2.98. The van der Waals surface area contributed by atoms with Gasteiger partial charge in [0.2, 0.25) is 0 Å². The van der Waals surface area contributed by atoms with E-state index in [0.717, 1.165) is 18.5 Å². The Hall–Kier alpha value is -0.960. The average Bonchev–Trinajstić information content (AvgIpc) is 2.16. The molecule has 1 unspecified atom stereocenters. The molecule has 1 aromatic carbocycles.